The number of carbonyl (C=O) groups is 3. The van der Waals surface area contributed by atoms with E-state index in [1.807, 2.05) is 6.07 Å². The van der Waals surface area contributed by atoms with Gasteiger partial charge in [-0.15, -0.1) is 0 Å². The van der Waals surface area contributed by atoms with Crippen LogP contribution in [0, 0.1) is 5.92 Å². The van der Waals surface area contributed by atoms with Gasteiger partial charge >= 0.3 is 6.03 Å². The highest BCUT2D eigenvalue weighted by Crippen LogP contribution is 2.27. The highest BCUT2D eigenvalue weighted by atomic mass is 16.2. The van der Waals surface area contributed by atoms with Crippen LogP contribution in [0.3, 0.4) is 0 Å². The lowest BCUT2D eigenvalue weighted by atomic mass is 9.86. The van der Waals surface area contributed by atoms with E-state index in [4.69, 9.17) is 5.73 Å². The molecule has 7 heteroatoms. The van der Waals surface area contributed by atoms with E-state index >= 15 is 0 Å². The molecule has 1 saturated carbocycles. The number of nitrogens with one attached hydrogen (secondary N) is 1. The van der Waals surface area contributed by atoms with Crippen LogP contribution in [0.4, 0.5) is 10.5 Å². The fourth-order valence-corrected chi connectivity index (χ4v) is 3.63. The molecule has 0 radical (unpaired) electrons. The minimum Gasteiger partial charge on any atom is -0.383 e. The smallest absolute Gasteiger partial charge is 0.321 e. The van der Waals surface area contributed by atoms with Gasteiger partial charge in [0.15, 0.2) is 0 Å². The van der Waals surface area contributed by atoms with E-state index in [2.05, 4.69) is 5.32 Å². The Morgan fingerprint density at radius 1 is 1.14 bits per heavy atom. The molecule has 2 rings (SSSR count). The van der Waals surface area contributed by atoms with E-state index in [9.17, 15) is 14.4 Å². The van der Waals surface area contributed by atoms with Crippen LogP contribution in [0.2, 0.25) is 0 Å². The number of nitrogens with zero attached hydrogens (tertiary/aromatic N) is 2. The third-order valence-electron chi connectivity index (χ3n) is 5.24. The van der Waals surface area contributed by atoms with Crippen LogP contribution >= 0.6 is 0 Å². The molecule has 0 aliphatic heterocycles. The zero-order valence-electron chi connectivity index (χ0n) is 16.9. The van der Waals surface area contributed by atoms with Gasteiger partial charge in [0.25, 0.3) is 5.91 Å². The van der Waals surface area contributed by atoms with Crippen LogP contribution in [0.25, 0.3) is 0 Å². The number of carbonyl (C=O) groups excluding carboxylic acids is 3. The van der Waals surface area contributed by atoms with Gasteiger partial charge < -0.3 is 16.0 Å². The normalized spacial score (nSPS) is 14.4. The first-order chi connectivity index (χ1) is 13.4. The first kappa shape index (κ1) is 21.7. The molecule has 0 bridgehead atoms. The van der Waals surface area contributed by atoms with Crippen molar-refractivity contribution in [1.82, 2.24) is 9.80 Å². The monoisotopic (exact) mass is 388 g/mol. The second-order valence-electron chi connectivity index (χ2n) is 7.63. The number of anilines is 1. The molecule has 1 aliphatic rings. The zero-order chi connectivity index (χ0) is 20.5. The third-order valence-corrected chi connectivity index (χ3v) is 5.24. The fourth-order valence-electron chi connectivity index (χ4n) is 3.63. The zero-order valence-corrected chi connectivity index (χ0v) is 16.9. The predicted molar refractivity (Wildman–Crippen MR) is 110 cm³/mol. The molecule has 0 spiro atoms. The number of urea groups is 1. The topological polar surface area (TPSA) is 95.7 Å². The van der Waals surface area contributed by atoms with Gasteiger partial charge in [0.1, 0.15) is 0 Å². The first-order valence-corrected chi connectivity index (χ1v) is 10.0. The average Bonchev–Trinajstić information content (AvgIpc) is 2.69. The summed E-state index contributed by atoms with van der Waals surface area (Å²) in [7, 11) is 3.40. The lowest BCUT2D eigenvalue weighted by Crippen LogP contribution is -2.43. The van der Waals surface area contributed by atoms with E-state index in [1.54, 1.807) is 32.3 Å². The van der Waals surface area contributed by atoms with Crippen LogP contribution in [-0.4, -0.2) is 54.8 Å². The van der Waals surface area contributed by atoms with E-state index in [0.29, 0.717) is 24.4 Å². The first-order valence-electron chi connectivity index (χ1n) is 10.0. The molecule has 0 unspecified atom stereocenters. The highest BCUT2D eigenvalue weighted by molar-refractivity contribution is 5.95. The van der Waals surface area contributed by atoms with Crippen molar-refractivity contribution < 1.29 is 14.4 Å². The molecule has 0 aromatic heterocycles. The molecule has 3 N–H and O–H groups in total. The molecule has 28 heavy (non-hydrogen) atoms. The minimum atomic E-state index is -0.716. The van der Waals surface area contributed by atoms with Crippen LogP contribution < -0.4 is 11.1 Å². The maximum Gasteiger partial charge on any atom is 0.321 e. The van der Waals surface area contributed by atoms with Crippen LogP contribution in [0.5, 0.6) is 0 Å². The van der Waals surface area contributed by atoms with Gasteiger partial charge in [-0.25, -0.2) is 4.79 Å². The van der Waals surface area contributed by atoms with Gasteiger partial charge in [-0.3, -0.25) is 14.5 Å². The second-order valence-corrected chi connectivity index (χ2v) is 7.63. The lowest BCUT2D eigenvalue weighted by molar-refractivity contribution is -0.128. The maximum atomic E-state index is 12.4. The van der Waals surface area contributed by atoms with E-state index < -0.39 is 6.03 Å². The van der Waals surface area contributed by atoms with Crippen LogP contribution in [0.1, 0.15) is 55.3 Å². The molecule has 1 aromatic carbocycles. The average molecular weight is 389 g/mol. The molecule has 1 aliphatic carbocycles. The molecule has 0 heterocycles. The van der Waals surface area contributed by atoms with Crippen molar-refractivity contribution in [3.63, 3.8) is 0 Å². The summed E-state index contributed by atoms with van der Waals surface area (Å²) in [6.07, 6.45) is 7.28. The van der Waals surface area contributed by atoms with Gasteiger partial charge in [-0.2, -0.15) is 0 Å². The summed E-state index contributed by atoms with van der Waals surface area (Å²) in [4.78, 5) is 38.8. The largest absolute Gasteiger partial charge is 0.383 e. The molecule has 1 fully saturated rings. The summed E-state index contributed by atoms with van der Waals surface area (Å²) in [6, 6.07) is 6.42. The Morgan fingerprint density at radius 2 is 1.86 bits per heavy atom. The fraction of sp³-hybridized carbons (Fsp3) is 0.571. The summed E-state index contributed by atoms with van der Waals surface area (Å²) in [5.41, 5.74) is 6.74. The molecule has 0 saturated heterocycles. The van der Waals surface area contributed by atoms with Crippen molar-refractivity contribution >= 4 is 23.5 Å². The Labute approximate surface area is 167 Å². The van der Waals surface area contributed by atoms with E-state index in [1.165, 1.54) is 37.0 Å². The number of imide groups is 1. The van der Waals surface area contributed by atoms with Gasteiger partial charge in [0.05, 0.1) is 0 Å². The summed E-state index contributed by atoms with van der Waals surface area (Å²) in [5, 5.41) is 3.15. The Kier molecular flexibility index (Phi) is 8.29. The summed E-state index contributed by atoms with van der Waals surface area (Å²) >= 11 is 0. The van der Waals surface area contributed by atoms with Gasteiger partial charge in [0.2, 0.25) is 5.91 Å². The van der Waals surface area contributed by atoms with Gasteiger partial charge in [-0.1, -0.05) is 38.2 Å². The van der Waals surface area contributed by atoms with Crippen molar-refractivity contribution in [3.8, 4) is 0 Å². The van der Waals surface area contributed by atoms with Gasteiger partial charge in [-0.05, 0) is 30.5 Å². The predicted octanol–water partition coefficient (Wildman–Crippen LogP) is 3.07. The van der Waals surface area contributed by atoms with Crippen LogP contribution in [0.15, 0.2) is 24.3 Å². The lowest BCUT2D eigenvalue weighted by Gasteiger charge is -2.23. The Bertz CT molecular complexity index is 684. The number of hydrogen-bond acceptors (Lipinski definition) is 4. The number of amides is 4. The van der Waals surface area contributed by atoms with Crippen molar-refractivity contribution in [2.45, 2.75) is 44.9 Å². The number of nitrogens with two attached hydrogens (primary N) is 1. The SMILES string of the molecule is CN(C)C(=O)c1cccc(NCCN(C(N)=O)C(=O)CCC2CCCCC2)c1. The Morgan fingerprint density at radius 3 is 2.50 bits per heavy atom. The number of rotatable bonds is 8. The highest BCUT2D eigenvalue weighted by Gasteiger charge is 2.21. The summed E-state index contributed by atoms with van der Waals surface area (Å²) in [6.45, 7) is 0.572. The number of primary amides is 1. The second kappa shape index (κ2) is 10.7. The molecular weight excluding hydrogens is 356 g/mol. The number of hydrogen-bond donors (Lipinski definition) is 2. The maximum absolute atomic E-state index is 12.4. The third kappa shape index (κ3) is 6.55. The van der Waals surface area contributed by atoms with Crippen molar-refractivity contribution in [2.75, 3.05) is 32.5 Å². The molecule has 154 valence electrons. The summed E-state index contributed by atoms with van der Waals surface area (Å²) < 4.78 is 0. The Balaban J connectivity index is 1.84. The van der Waals surface area contributed by atoms with Crippen LogP contribution in [-0.2, 0) is 4.79 Å². The number of benzene rings is 1. The molecule has 4 amide bonds. The molecule has 1 aromatic rings. The summed E-state index contributed by atoms with van der Waals surface area (Å²) in [5.74, 6) is 0.291. The van der Waals surface area contributed by atoms with Crippen molar-refractivity contribution in [1.29, 1.82) is 0 Å². The van der Waals surface area contributed by atoms with Crippen molar-refractivity contribution in [2.24, 2.45) is 11.7 Å². The Hall–Kier alpha value is -2.57. The molecule has 7 nitrogen and oxygen atoms in total. The minimum absolute atomic E-state index is 0.0831. The van der Waals surface area contributed by atoms with E-state index in [0.717, 1.165) is 17.0 Å². The van der Waals surface area contributed by atoms with Gasteiger partial charge in [0, 0.05) is 44.9 Å². The van der Waals surface area contributed by atoms with E-state index in [-0.39, 0.29) is 18.4 Å². The quantitative estimate of drug-likeness (QED) is 0.715. The molecular formula is C21H32N4O3. The standard InChI is InChI=1S/C21H32N4O3/c1-24(2)20(27)17-9-6-10-18(15-17)23-13-14-25(21(22)28)19(26)12-11-16-7-4-3-5-8-16/h6,9-10,15-16,23H,3-5,7-8,11-14H2,1-2H3,(H2,22,28). The van der Waals surface area contributed by atoms with Crippen molar-refractivity contribution in [3.05, 3.63) is 29.8 Å². The molecule has 0 atom stereocenters.